The van der Waals surface area contributed by atoms with E-state index in [1.165, 1.54) is 6.07 Å². The second-order valence-electron chi connectivity index (χ2n) is 4.41. The van der Waals surface area contributed by atoms with E-state index in [0.29, 0.717) is 11.1 Å². The topological polar surface area (TPSA) is 0 Å². The molecule has 0 aromatic heterocycles. The Morgan fingerprint density at radius 1 is 1.20 bits per heavy atom. The number of hydrogen-bond acceptors (Lipinski definition) is 0. The van der Waals surface area contributed by atoms with Crippen LogP contribution in [0.2, 0.25) is 0 Å². The summed E-state index contributed by atoms with van der Waals surface area (Å²) in [6.07, 6.45) is -0.288. The van der Waals surface area contributed by atoms with Gasteiger partial charge in [0.15, 0.2) is 0 Å². The van der Waals surface area contributed by atoms with E-state index in [2.05, 4.69) is 0 Å². The number of aryl methyl sites for hydroxylation is 1. The van der Waals surface area contributed by atoms with Gasteiger partial charge in [0.2, 0.25) is 5.92 Å². The summed E-state index contributed by atoms with van der Waals surface area (Å²) in [7, 11) is 0. The summed E-state index contributed by atoms with van der Waals surface area (Å²) in [4.78, 5) is 0. The van der Waals surface area contributed by atoms with Gasteiger partial charge in [-0.15, -0.1) is 0 Å². The Bertz CT molecular complexity index is 365. The summed E-state index contributed by atoms with van der Waals surface area (Å²) in [6.45, 7) is 3.50. The van der Waals surface area contributed by atoms with Gasteiger partial charge in [0.05, 0.1) is 0 Å². The van der Waals surface area contributed by atoms with Crippen molar-refractivity contribution in [2.24, 2.45) is 0 Å². The maximum atomic E-state index is 13.4. The Morgan fingerprint density at radius 3 is 2.27 bits per heavy atom. The zero-order chi connectivity index (χ0) is 11.2. The van der Waals surface area contributed by atoms with Gasteiger partial charge < -0.3 is 0 Å². The van der Waals surface area contributed by atoms with Gasteiger partial charge in [-0.1, -0.05) is 6.07 Å². The van der Waals surface area contributed by atoms with Crippen LogP contribution in [0.25, 0.3) is 0 Å². The number of benzene rings is 1. The van der Waals surface area contributed by atoms with Crippen molar-refractivity contribution in [3.8, 4) is 0 Å². The van der Waals surface area contributed by atoms with Crippen molar-refractivity contribution < 1.29 is 13.2 Å². The predicted molar refractivity (Wildman–Crippen MR) is 52.8 cm³/mol. The number of alkyl halides is 2. The fraction of sp³-hybridized carbons (Fsp3) is 0.500. The summed E-state index contributed by atoms with van der Waals surface area (Å²) in [5.74, 6) is -3.01. The Kier molecular flexibility index (Phi) is 2.28. The van der Waals surface area contributed by atoms with Crippen LogP contribution in [0.1, 0.15) is 35.4 Å². The van der Waals surface area contributed by atoms with Crippen LogP contribution < -0.4 is 0 Å². The number of rotatable bonds is 1. The minimum Gasteiger partial charge on any atom is -0.207 e. The summed E-state index contributed by atoms with van der Waals surface area (Å²) in [5, 5.41) is 0. The highest BCUT2D eigenvalue weighted by atomic mass is 19.3. The van der Waals surface area contributed by atoms with E-state index in [9.17, 15) is 13.2 Å². The second-order valence-corrected chi connectivity index (χ2v) is 4.41. The lowest BCUT2D eigenvalue weighted by molar-refractivity contribution is -0.0868. The van der Waals surface area contributed by atoms with Gasteiger partial charge in [-0.3, -0.25) is 0 Å². The van der Waals surface area contributed by atoms with Crippen LogP contribution in [0.5, 0.6) is 0 Å². The first-order chi connectivity index (χ1) is 6.89. The second kappa shape index (κ2) is 3.26. The van der Waals surface area contributed by atoms with Crippen LogP contribution in [0.15, 0.2) is 12.1 Å². The van der Waals surface area contributed by atoms with Crippen LogP contribution in [-0.2, 0) is 0 Å². The summed E-state index contributed by atoms with van der Waals surface area (Å²) in [6, 6.07) is 3.21. The van der Waals surface area contributed by atoms with Crippen molar-refractivity contribution in [3.63, 3.8) is 0 Å². The summed E-state index contributed by atoms with van der Waals surface area (Å²) < 4.78 is 38.7. The minimum atomic E-state index is -2.54. The van der Waals surface area contributed by atoms with E-state index in [1.807, 2.05) is 6.07 Å². The molecule has 1 saturated carbocycles. The van der Waals surface area contributed by atoms with Crippen molar-refractivity contribution in [2.45, 2.75) is 38.5 Å². The van der Waals surface area contributed by atoms with Crippen molar-refractivity contribution in [3.05, 3.63) is 34.6 Å². The van der Waals surface area contributed by atoms with Gasteiger partial charge in [0.25, 0.3) is 0 Å². The standard InChI is InChI=1S/C12H13F3/c1-7-3-9(4-11(13)8(7)2)10-5-12(14,15)6-10/h3-4,10H,5-6H2,1-2H3. The molecule has 0 amide bonds. The molecule has 1 fully saturated rings. The van der Waals surface area contributed by atoms with E-state index in [0.717, 1.165) is 5.56 Å². The Morgan fingerprint density at radius 2 is 1.80 bits per heavy atom. The first-order valence-corrected chi connectivity index (χ1v) is 5.03. The zero-order valence-corrected chi connectivity index (χ0v) is 8.78. The molecule has 1 aliphatic rings. The molecule has 0 radical (unpaired) electrons. The average Bonchev–Trinajstić information content (AvgIpc) is 2.09. The highest BCUT2D eigenvalue weighted by Crippen LogP contribution is 2.48. The van der Waals surface area contributed by atoms with Crippen LogP contribution in [0.4, 0.5) is 13.2 Å². The average molecular weight is 214 g/mol. The van der Waals surface area contributed by atoms with E-state index < -0.39 is 5.92 Å². The molecule has 1 aromatic rings. The molecular weight excluding hydrogens is 201 g/mol. The van der Waals surface area contributed by atoms with Crippen LogP contribution >= 0.6 is 0 Å². The van der Waals surface area contributed by atoms with E-state index >= 15 is 0 Å². The highest BCUT2D eigenvalue weighted by Gasteiger charge is 2.45. The van der Waals surface area contributed by atoms with Crippen molar-refractivity contribution >= 4 is 0 Å². The van der Waals surface area contributed by atoms with Crippen molar-refractivity contribution in [1.29, 1.82) is 0 Å². The molecule has 1 aromatic carbocycles. The lowest BCUT2D eigenvalue weighted by Crippen LogP contribution is -2.33. The molecule has 0 saturated heterocycles. The maximum absolute atomic E-state index is 13.4. The molecule has 0 nitrogen and oxygen atoms in total. The van der Waals surface area contributed by atoms with Crippen LogP contribution in [0.3, 0.4) is 0 Å². The normalized spacial score (nSPS) is 20.1. The first-order valence-electron chi connectivity index (χ1n) is 5.03. The number of halogens is 3. The SMILES string of the molecule is Cc1cc(C2CC(F)(F)C2)cc(F)c1C. The quantitative estimate of drug-likeness (QED) is 0.663. The Labute approximate surface area is 87.1 Å². The lowest BCUT2D eigenvalue weighted by Gasteiger charge is -2.35. The van der Waals surface area contributed by atoms with Gasteiger partial charge in [-0.05, 0) is 42.5 Å². The monoisotopic (exact) mass is 214 g/mol. The molecule has 82 valence electrons. The summed E-state index contributed by atoms with van der Waals surface area (Å²) >= 11 is 0. The molecule has 15 heavy (non-hydrogen) atoms. The highest BCUT2D eigenvalue weighted by molar-refractivity contribution is 5.34. The molecule has 0 N–H and O–H groups in total. The molecule has 2 rings (SSSR count). The number of hydrogen-bond donors (Lipinski definition) is 0. The van der Waals surface area contributed by atoms with Crippen LogP contribution in [-0.4, -0.2) is 5.92 Å². The van der Waals surface area contributed by atoms with E-state index in [1.54, 1.807) is 13.8 Å². The van der Waals surface area contributed by atoms with E-state index in [4.69, 9.17) is 0 Å². The fourth-order valence-corrected chi connectivity index (χ4v) is 1.98. The molecule has 0 bridgehead atoms. The predicted octanol–water partition coefficient (Wildman–Crippen LogP) is 3.96. The molecule has 1 aliphatic carbocycles. The Balaban J connectivity index is 2.24. The molecule has 0 atom stereocenters. The van der Waals surface area contributed by atoms with Gasteiger partial charge in [-0.25, -0.2) is 13.2 Å². The molecule has 0 unspecified atom stereocenters. The minimum absolute atomic E-state index is 0.144. The third kappa shape index (κ3) is 1.87. The van der Waals surface area contributed by atoms with Crippen molar-refractivity contribution in [2.75, 3.05) is 0 Å². The van der Waals surface area contributed by atoms with Crippen LogP contribution in [0, 0.1) is 19.7 Å². The Hall–Kier alpha value is -0.990. The maximum Gasteiger partial charge on any atom is 0.249 e. The van der Waals surface area contributed by atoms with Gasteiger partial charge in [0, 0.05) is 12.8 Å². The summed E-state index contributed by atoms with van der Waals surface area (Å²) in [5.41, 5.74) is 2.14. The first kappa shape index (κ1) is 10.5. The smallest absolute Gasteiger partial charge is 0.207 e. The van der Waals surface area contributed by atoms with E-state index in [-0.39, 0.29) is 24.6 Å². The van der Waals surface area contributed by atoms with Gasteiger partial charge in [-0.2, -0.15) is 0 Å². The third-order valence-electron chi connectivity index (χ3n) is 3.19. The van der Waals surface area contributed by atoms with Crippen molar-refractivity contribution in [1.82, 2.24) is 0 Å². The third-order valence-corrected chi connectivity index (χ3v) is 3.19. The molecule has 0 spiro atoms. The lowest BCUT2D eigenvalue weighted by atomic mass is 9.76. The fourth-order valence-electron chi connectivity index (χ4n) is 1.98. The zero-order valence-electron chi connectivity index (χ0n) is 8.78. The molecular formula is C12H13F3. The van der Waals surface area contributed by atoms with Gasteiger partial charge >= 0.3 is 0 Å². The molecule has 0 heterocycles. The molecule has 0 aliphatic heterocycles. The largest absolute Gasteiger partial charge is 0.249 e. The molecule has 3 heteroatoms. The van der Waals surface area contributed by atoms with Gasteiger partial charge in [0.1, 0.15) is 5.82 Å².